The molecule has 23 heavy (non-hydrogen) atoms. The number of nitrogens with one attached hydrogen (secondary N) is 1. The molecule has 7 nitrogen and oxygen atoms in total. The van der Waals surface area contributed by atoms with Crippen molar-refractivity contribution in [2.75, 3.05) is 18.4 Å². The van der Waals surface area contributed by atoms with E-state index in [0.29, 0.717) is 43.1 Å². The van der Waals surface area contributed by atoms with Gasteiger partial charge in [-0.2, -0.15) is 0 Å². The van der Waals surface area contributed by atoms with E-state index in [-0.39, 0.29) is 17.7 Å². The molecule has 7 heteroatoms. The Morgan fingerprint density at radius 1 is 1.35 bits per heavy atom. The summed E-state index contributed by atoms with van der Waals surface area (Å²) in [6.07, 6.45) is 4.47. The summed E-state index contributed by atoms with van der Waals surface area (Å²) in [5.74, 6) is 0.847. The topological polar surface area (TPSA) is 88.3 Å². The molecule has 2 aromatic heterocycles. The van der Waals surface area contributed by atoms with Crippen LogP contribution >= 0.6 is 0 Å². The van der Waals surface area contributed by atoms with Crippen LogP contribution in [-0.4, -0.2) is 39.9 Å². The molecule has 0 aliphatic carbocycles. The standard InChI is InChI=1S/C16H18N4O3/c1-11-9-14(19-23-11)18-15(21)12-4-7-20(8-5-12)16(22)13-3-2-6-17-10-13/h2-3,6,9-10,12H,4-5,7-8H2,1H3,(H,18,19,21). The SMILES string of the molecule is Cc1cc(NC(=O)C2CCN(C(=O)c3cccnc3)CC2)no1. The van der Waals surface area contributed by atoms with Crippen LogP contribution in [0.1, 0.15) is 29.0 Å². The van der Waals surface area contributed by atoms with E-state index in [4.69, 9.17) is 4.52 Å². The minimum Gasteiger partial charge on any atom is -0.360 e. The highest BCUT2D eigenvalue weighted by molar-refractivity contribution is 5.94. The lowest BCUT2D eigenvalue weighted by molar-refractivity contribution is -0.121. The molecule has 1 aliphatic rings. The van der Waals surface area contributed by atoms with Crippen LogP contribution in [0.3, 0.4) is 0 Å². The number of hydrogen-bond acceptors (Lipinski definition) is 5. The van der Waals surface area contributed by atoms with Gasteiger partial charge in [-0.05, 0) is 31.9 Å². The van der Waals surface area contributed by atoms with Crippen molar-refractivity contribution in [3.05, 3.63) is 41.9 Å². The molecule has 0 radical (unpaired) electrons. The molecule has 1 aliphatic heterocycles. The second kappa shape index (κ2) is 6.60. The van der Waals surface area contributed by atoms with Gasteiger partial charge in [-0.15, -0.1) is 0 Å². The molecular weight excluding hydrogens is 296 g/mol. The lowest BCUT2D eigenvalue weighted by Gasteiger charge is -2.31. The molecule has 120 valence electrons. The van der Waals surface area contributed by atoms with Crippen LogP contribution in [0.15, 0.2) is 35.1 Å². The molecule has 0 spiro atoms. The van der Waals surface area contributed by atoms with Gasteiger partial charge in [0.2, 0.25) is 5.91 Å². The summed E-state index contributed by atoms with van der Waals surface area (Å²) in [5.41, 5.74) is 0.577. The van der Waals surface area contributed by atoms with E-state index < -0.39 is 0 Å². The third kappa shape index (κ3) is 3.56. The number of aryl methyl sites for hydroxylation is 1. The smallest absolute Gasteiger partial charge is 0.255 e. The number of carbonyl (C=O) groups is 2. The Labute approximate surface area is 133 Å². The number of anilines is 1. The zero-order valence-electron chi connectivity index (χ0n) is 12.9. The lowest BCUT2D eigenvalue weighted by atomic mass is 9.95. The molecular formula is C16H18N4O3. The fraction of sp³-hybridized carbons (Fsp3) is 0.375. The first kappa shape index (κ1) is 15.2. The summed E-state index contributed by atoms with van der Waals surface area (Å²) in [7, 11) is 0. The van der Waals surface area contributed by atoms with Crippen molar-refractivity contribution < 1.29 is 14.1 Å². The van der Waals surface area contributed by atoms with Gasteiger partial charge in [0.25, 0.3) is 5.91 Å². The molecule has 1 N–H and O–H groups in total. The van der Waals surface area contributed by atoms with Gasteiger partial charge < -0.3 is 14.7 Å². The molecule has 3 rings (SSSR count). The molecule has 1 fully saturated rings. The van der Waals surface area contributed by atoms with Crippen molar-refractivity contribution in [2.24, 2.45) is 5.92 Å². The lowest BCUT2D eigenvalue weighted by Crippen LogP contribution is -2.41. The Morgan fingerprint density at radius 3 is 2.74 bits per heavy atom. The molecule has 0 aromatic carbocycles. The number of amides is 2. The van der Waals surface area contributed by atoms with Crippen molar-refractivity contribution in [3.63, 3.8) is 0 Å². The minimum absolute atomic E-state index is 0.0379. The van der Waals surface area contributed by atoms with Crippen LogP contribution in [0.25, 0.3) is 0 Å². The Morgan fingerprint density at radius 2 is 2.13 bits per heavy atom. The highest BCUT2D eigenvalue weighted by Crippen LogP contribution is 2.20. The number of hydrogen-bond donors (Lipinski definition) is 1. The Balaban J connectivity index is 1.54. The third-order valence-corrected chi connectivity index (χ3v) is 3.94. The molecule has 0 bridgehead atoms. The Kier molecular flexibility index (Phi) is 4.36. The number of nitrogens with zero attached hydrogens (tertiary/aromatic N) is 3. The highest BCUT2D eigenvalue weighted by atomic mass is 16.5. The monoisotopic (exact) mass is 314 g/mol. The maximum absolute atomic E-state index is 12.3. The van der Waals surface area contributed by atoms with Crippen LogP contribution in [-0.2, 0) is 4.79 Å². The van der Waals surface area contributed by atoms with Crippen molar-refractivity contribution in [1.82, 2.24) is 15.0 Å². The summed E-state index contributed by atoms with van der Waals surface area (Å²) >= 11 is 0. The molecule has 3 heterocycles. The predicted molar refractivity (Wildman–Crippen MR) is 82.7 cm³/mol. The Bertz CT molecular complexity index is 690. The van der Waals surface area contributed by atoms with Crippen molar-refractivity contribution in [1.29, 1.82) is 0 Å². The van der Waals surface area contributed by atoms with Crippen molar-refractivity contribution in [3.8, 4) is 0 Å². The van der Waals surface area contributed by atoms with Gasteiger partial charge in [-0.25, -0.2) is 0 Å². The van der Waals surface area contributed by atoms with Gasteiger partial charge in [-0.1, -0.05) is 5.16 Å². The maximum atomic E-state index is 12.3. The first-order valence-electron chi connectivity index (χ1n) is 7.57. The second-order valence-corrected chi connectivity index (χ2v) is 5.62. The number of rotatable bonds is 3. The first-order valence-corrected chi connectivity index (χ1v) is 7.57. The number of piperidine rings is 1. The molecule has 1 saturated heterocycles. The van der Waals surface area contributed by atoms with Crippen LogP contribution in [0.2, 0.25) is 0 Å². The van der Waals surface area contributed by atoms with Gasteiger partial charge in [0.15, 0.2) is 5.82 Å². The summed E-state index contributed by atoms with van der Waals surface area (Å²) < 4.78 is 4.93. The van der Waals surface area contributed by atoms with Gasteiger partial charge in [0.05, 0.1) is 5.56 Å². The van der Waals surface area contributed by atoms with Gasteiger partial charge >= 0.3 is 0 Å². The summed E-state index contributed by atoms with van der Waals surface area (Å²) in [6, 6.07) is 5.17. The van der Waals surface area contributed by atoms with Gasteiger partial charge in [0.1, 0.15) is 5.76 Å². The summed E-state index contributed by atoms with van der Waals surface area (Å²) in [4.78, 5) is 30.3. The number of likely N-dealkylation sites (tertiary alicyclic amines) is 1. The molecule has 0 unspecified atom stereocenters. The van der Waals surface area contributed by atoms with Crippen LogP contribution in [0.5, 0.6) is 0 Å². The fourth-order valence-electron chi connectivity index (χ4n) is 2.67. The van der Waals surface area contributed by atoms with E-state index in [1.807, 2.05) is 0 Å². The second-order valence-electron chi connectivity index (χ2n) is 5.62. The van der Waals surface area contributed by atoms with Crippen molar-refractivity contribution in [2.45, 2.75) is 19.8 Å². The van der Waals surface area contributed by atoms with E-state index in [9.17, 15) is 9.59 Å². The number of aromatic nitrogens is 2. The maximum Gasteiger partial charge on any atom is 0.255 e. The summed E-state index contributed by atoms with van der Waals surface area (Å²) in [6.45, 7) is 2.89. The average Bonchev–Trinajstić information content (AvgIpc) is 3.00. The summed E-state index contributed by atoms with van der Waals surface area (Å²) in [5, 5.41) is 6.51. The third-order valence-electron chi connectivity index (χ3n) is 3.94. The largest absolute Gasteiger partial charge is 0.360 e. The highest BCUT2D eigenvalue weighted by Gasteiger charge is 2.28. The Hall–Kier alpha value is -2.70. The van der Waals surface area contributed by atoms with E-state index in [0.717, 1.165) is 0 Å². The molecule has 0 atom stereocenters. The minimum atomic E-state index is -0.120. The van der Waals surface area contributed by atoms with Gasteiger partial charge in [0, 0.05) is 37.5 Å². The van der Waals surface area contributed by atoms with Crippen LogP contribution < -0.4 is 5.32 Å². The number of pyridine rings is 1. The normalized spacial score (nSPS) is 15.4. The molecule has 2 aromatic rings. The van der Waals surface area contributed by atoms with E-state index in [1.54, 1.807) is 42.4 Å². The van der Waals surface area contributed by atoms with E-state index in [2.05, 4.69) is 15.5 Å². The number of carbonyl (C=O) groups excluding carboxylic acids is 2. The zero-order chi connectivity index (χ0) is 16.2. The van der Waals surface area contributed by atoms with E-state index in [1.165, 1.54) is 0 Å². The predicted octanol–water partition coefficient (Wildman–Crippen LogP) is 1.87. The molecule has 0 saturated carbocycles. The van der Waals surface area contributed by atoms with Crippen molar-refractivity contribution >= 4 is 17.6 Å². The fourth-order valence-corrected chi connectivity index (χ4v) is 2.67. The van der Waals surface area contributed by atoms with Gasteiger partial charge in [-0.3, -0.25) is 14.6 Å². The van der Waals surface area contributed by atoms with E-state index >= 15 is 0 Å². The average molecular weight is 314 g/mol. The first-order chi connectivity index (χ1) is 11.1. The quantitative estimate of drug-likeness (QED) is 0.934. The van der Waals surface area contributed by atoms with Crippen LogP contribution in [0, 0.1) is 12.8 Å². The molecule has 2 amide bonds. The zero-order valence-corrected chi connectivity index (χ0v) is 12.9. The van der Waals surface area contributed by atoms with Crippen LogP contribution in [0.4, 0.5) is 5.82 Å².